The predicted molar refractivity (Wildman–Crippen MR) is 61.8 cm³/mol. The molecule has 3 heterocycles. The van der Waals surface area contributed by atoms with Crippen molar-refractivity contribution in [2.24, 2.45) is 5.73 Å². The van der Waals surface area contributed by atoms with Gasteiger partial charge in [0.2, 0.25) is 5.95 Å². The van der Waals surface area contributed by atoms with Crippen LogP contribution in [0.4, 0.5) is 5.95 Å². The van der Waals surface area contributed by atoms with Crippen LogP contribution in [0.15, 0.2) is 12.3 Å². The Balaban J connectivity index is 2.11. The summed E-state index contributed by atoms with van der Waals surface area (Å²) in [5.41, 5.74) is 6.14. The van der Waals surface area contributed by atoms with Crippen molar-refractivity contribution in [2.75, 3.05) is 18.0 Å². The number of carbonyl (C=O) groups is 1. The maximum atomic E-state index is 11.3. The van der Waals surface area contributed by atoms with Crippen LogP contribution in [0.5, 0.6) is 0 Å². The van der Waals surface area contributed by atoms with Crippen LogP contribution < -0.4 is 10.6 Å². The van der Waals surface area contributed by atoms with Crippen LogP contribution in [0.3, 0.4) is 0 Å². The SMILES string of the molecule is NC(=O)c1c[c]cn2nc(N3CCCC3)nc12. The molecular weight excluding hydrogens is 218 g/mol. The molecule has 2 aromatic rings. The summed E-state index contributed by atoms with van der Waals surface area (Å²) in [6, 6.07) is 4.37. The Morgan fingerprint density at radius 1 is 1.41 bits per heavy atom. The van der Waals surface area contributed by atoms with Crippen LogP contribution in [-0.4, -0.2) is 33.6 Å². The number of amides is 1. The zero-order valence-electron chi connectivity index (χ0n) is 9.26. The van der Waals surface area contributed by atoms with Gasteiger partial charge >= 0.3 is 0 Å². The molecule has 1 fully saturated rings. The lowest BCUT2D eigenvalue weighted by atomic mass is 10.2. The fourth-order valence-electron chi connectivity index (χ4n) is 2.07. The Morgan fingerprint density at radius 2 is 2.18 bits per heavy atom. The van der Waals surface area contributed by atoms with E-state index < -0.39 is 5.91 Å². The molecule has 0 aliphatic carbocycles. The van der Waals surface area contributed by atoms with Gasteiger partial charge in [0.05, 0.1) is 5.56 Å². The van der Waals surface area contributed by atoms with Crippen LogP contribution in [0, 0.1) is 6.07 Å². The first-order valence-electron chi connectivity index (χ1n) is 5.57. The second kappa shape index (κ2) is 3.73. The van der Waals surface area contributed by atoms with Crippen LogP contribution in [0.25, 0.3) is 5.65 Å². The predicted octanol–water partition coefficient (Wildman–Crippen LogP) is 0.229. The summed E-state index contributed by atoms with van der Waals surface area (Å²) in [6.45, 7) is 1.93. The maximum Gasteiger partial charge on any atom is 0.252 e. The van der Waals surface area contributed by atoms with Crippen molar-refractivity contribution in [3.8, 4) is 0 Å². The standard InChI is InChI=1S/C11H12N5O/c12-9(17)8-4-3-7-16-10(8)13-11(14-16)15-5-1-2-6-15/h4,7H,1-2,5-6H2,(H2,12,17). The fraction of sp³-hybridized carbons (Fsp3) is 0.364. The van der Waals surface area contributed by atoms with Gasteiger partial charge in [0, 0.05) is 25.4 Å². The molecule has 0 spiro atoms. The van der Waals surface area contributed by atoms with Crippen LogP contribution in [-0.2, 0) is 0 Å². The minimum atomic E-state index is -0.507. The molecule has 1 aliphatic rings. The van der Waals surface area contributed by atoms with Gasteiger partial charge in [0.25, 0.3) is 5.91 Å². The zero-order valence-corrected chi connectivity index (χ0v) is 9.26. The summed E-state index contributed by atoms with van der Waals surface area (Å²) in [4.78, 5) is 17.7. The van der Waals surface area contributed by atoms with E-state index in [0.29, 0.717) is 17.2 Å². The van der Waals surface area contributed by atoms with Crippen molar-refractivity contribution in [2.45, 2.75) is 12.8 Å². The normalized spacial score (nSPS) is 15.6. The first kappa shape index (κ1) is 10.1. The minimum absolute atomic E-state index is 0.352. The van der Waals surface area contributed by atoms with Gasteiger partial charge in [-0.1, -0.05) is 0 Å². The second-order valence-electron chi connectivity index (χ2n) is 4.09. The van der Waals surface area contributed by atoms with E-state index in [1.165, 1.54) is 0 Å². The average Bonchev–Trinajstić information content (AvgIpc) is 2.96. The number of fused-ring (bicyclic) bond motifs is 1. The Bertz CT molecular complexity index is 570. The largest absolute Gasteiger partial charge is 0.365 e. The fourth-order valence-corrected chi connectivity index (χ4v) is 2.07. The number of rotatable bonds is 2. The molecule has 1 amide bonds. The number of aromatic nitrogens is 3. The molecule has 0 bridgehead atoms. The van der Waals surface area contributed by atoms with E-state index in [0.717, 1.165) is 25.9 Å². The van der Waals surface area contributed by atoms with Crippen LogP contribution in [0.2, 0.25) is 0 Å². The maximum absolute atomic E-state index is 11.3. The van der Waals surface area contributed by atoms with Gasteiger partial charge in [-0.25, -0.2) is 4.52 Å². The van der Waals surface area contributed by atoms with Crippen molar-refractivity contribution in [1.29, 1.82) is 0 Å². The molecule has 0 saturated carbocycles. The molecule has 0 aromatic carbocycles. The molecule has 2 aromatic heterocycles. The number of hydrogen-bond acceptors (Lipinski definition) is 4. The highest BCUT2D eigenvalue weighted by atomic mass is 16.1. The topological polar surface area (TPSA) is 76.5 Å². The lowest BCUT2D eigenvalue weighted by molar-refractivity contribution is 0.100. The lowest BCUT2D eigenvalue weighted by Gasteiger charge is -2.10. The number of nitrogens with zero attached hydrogens (tertiary/aromatic N) is 4. The van der Waals surface area contributed by atoms with Crippen molar-refractivity contribution in [3.05, 3.63) is 23.9 Å². The summed E-state index contributed by atoms with van der Waals surface area (Å²) in [5.74, 6) is 0.150. The summed E-state index contributed by atoms with van der Waals surface area (Å²) in [6.07, 6.45) is 3.96. The monoisotopic (exact) mass is 230 g/mol. The molecule has 3 rings (SSSR count). The Morgan fingerprint density at radius 3 is 2.88 bits per heavy atom. The quantitative estimate of drug-likeness (QED) is 0.801. The van der Waals surface area contributed by atoms with Gasteiger partial charge < -0.3 is 10.6 Å². The number of pyridine rings is 1. The highest BCUT2D eigenvalue weighted by Gasteiger charge is 2.18. The first-order chi connectivity index (χ1) is 8.25. The van der Waals surface area contributed by atoms with E-state index in [-0.39, 0.29) is 0 Å². The molecule has 6 nitrogen and oxygen atoms in total. The van der Waals surface area contributed by atoms with E-state index in [2.05, 4.69) is 21.0 Å². The van der Waals surface area contributed by atoms with E-state index >= 15 is 0 Å². The summed E-state index contributed by atoms with van der Waals surface area (Å²) >= 11 is 0. The molecule has 17 heavy (non-hydrogen) atoms. The summed E-state index contributed by atoms with van der Waals surface area (Å²) in [7, 11) is 0. The molecule has 0 atom stereocenters. The third-order valence-corrected chi connectivity index (χ3v) is 2.94. The smallest absolute Gasteiger partial charge is 0.252 e. The van der Waals surface area contributed by atoms with Crippen molar-refractivity contribution >= 4 is 17.5 Å². The Hall–Kier alpha value is -2.11. The molecule has 0 unspecified atom stereocenters. The Kier molecular flexibility index (Phi) is 2.21. The molecule has 6 heteroatoms. The minimum Gasteiger partial charge on any atom is -0.365 e. The third-order valence-electron chi connectivity index (χ3n) is 2.94. The van der Waals surface area contributed by atoms with E-state index in [1.807, 2.05) is 0 Å². The van der Waals surface area contributed by atoms with E-state index in [1.54, 1.807) is 16.8 Å². The molecule has 2 N–H and O–H groups in total. The van der Waals surface area contributed by atoms with Crippen LogP contribution >= 0.6 is 0 Å². The Labute approximate surface area is 98.0 Å². The second-order valence-corrected chi connectivity index (χ2v) is 4.09. The average molecular weight is 230 g/mol. The van der Waals surface area contributed by atoms with Gasteiger partial charge in [-0.2, -0.15) is 4.98 Å². The van der Waals surface area contributed by atoms with Crippen molar-refractivity contribution < 1.29 is 4.79 Å². The zero-order chi connectivity index (χ0) is 11.8. The van der Waals surface area contributed by atoms with Gasteiger partial charge in [-0.05, 0) is 18.9 Å². The number of anilines is 1. The highest BCUT2D eigenvalue weighted by Crippen LogP contribution is 2.18. The summed E-state index contributed by atoms with van der Waals surface area (Å²) in [5, 5.41) is 4.33. The number of carbonyl (C=O) groups excluding carboxylic acids is 1. The number of hydrogen-bond donors (Lipinski definition) is 1. The van der Waals surface area contributed by atoms with E-state index in [4.69, 9.17) is 5.73 Å². The molecule has 1 aliphatic heterocycles. The van der Waals surface area contributed by atoms with Crippen molar-refractivity contribution in [1.82, 2.24) is 14.6 Å². The number of primary amides is 1. The number of nitrogens with two attached hydrogens (primary N) is 1. The third kappa shape index (κ3) is 1.61. The summed E-state index contributed by atoms with van der Waals surface area (Å²) < 4.78 is 1.55. The molecule has 1 radical (unpaired) electrons. The van der Waals surface area contributed by atoms with Gasteiger partial charge in [-0.15, -0.1) is 5.10 Å². The molecule has 87 valence electrons. The first-order valence-corrected chi connectivity index (χ1v) is 5.57. The van der Waals surface area contributed by atoms with Crippen LogP contribution in [0.1, 0.15) is 23.2 Å². The van der Waals surface area contributed by atoms with Crippen molar-refractivity contribution in [3.63, 3.8) is 0 Å². The van der Waals surface area contributed by atoms with Gasteiger partial charge in [0.1, 0.15) is 0 Å². The van der Waals surface area contributed by atoms with E-state index in [9.17, 15) is 4.79 Å². The lowest BCUT2D eigenvalue weighted by Crippen LogP contribution is -2.19. The molecule has 1 saturated heterocycles. The highest BCUT2D eigenvalue weighted by molar-refractivity contribution is 5.98. The van der Waals surface area contributed by atoms with Gasteiger partial charge in [0.15, 0.2) is 5.65 Å². The molecular formula is C11H12N5O. The van der Waals surface area contributed by atoms with Gasteiger partial charge in [-0.3, -0.25) is 4.79 Å².